The number of halogens is 2. The molecule has 0 radical (unpaired) electrons. The van der Waals surface area contributed by atoms with Gasteiger partial charge in [-0.3, -0.25) is 4.79 Å². The zero-order valence-electron chi connectivity index (χ0n) is 10.7. The molecule has 0 aliphatic heterocycles. The Balaban J connectivity index is 3.13. The van der Waals surface area contributed by atoms with Crippen LogP contribution < -0.4 is 4.74 Å². The molecule has 0 bridgehead atoms. The van der Waals surface area contributed by atoms with E-state index < -0.39 is 6.61 Å². The topological polar surface area (TPSA) is 26.3 Å². The molecule has 1 aromatic rings. The van der Waals surface area contributed by atoms with Gasteiger partial charge < -0.3 is 4.74 Å². The van der Waals surface area contributed by atoms with E-state index in [2.05, 4.69) is 4.74 Å². The van der Waals surface area contributed by atoms with Gasteiger partial charge in [-0.15, -0.1) is 0 Å². The molecule has 0 aliphatic carbocycles. The van der Waals surface area contributed by atoms with Crippen molar-refractivity contribution >= 4 is 12.4 Å². The first-order chi connectivity index (χ1) is 8.47. The monoisotopic (exact) mass is 254 g/mol. The SMILES string of the molecule is CCC(C=O)=Cc1cc(C)c(OC(F)F)c(C)c1. The second kappa shape index (κ2) is 6.28. The molecule has 0 fully saturated rings. The first-order valence-electron chi connectivity index (χ1n) is 5.69. The lowest BCUT2D eigenvalue weighted by molar-refractivity contribution is -0.104. The van der Waals surface area contributed by atoms with Crippen molar-refractivity contribution in [3.8, 4) is 5.75 Å². The fourth-order valence-corrected chi connectivity index (χ4v) is 1.78. The lowest BCUT2D eigenvalue weighted by Crippen LogP contribution is -2.05. The Kier molecular flexibility index (Phi) is 5.01. The second-order valence-electron chi connectivity index (χ2n) is 4.05. The van der Waals surface area contributed by atoms with E-state index in [0.29, 0.717) is 23.1 Å². The maximum Gasteiger partial charge on any atom is 0.387 e. The summed E-state index contributed by atoms with van der Waals surface area (Å²) in [5, 5.41) is 0. The van der Waals surface area contributed by atoms with Crippen LogP contribution in [0.3, 0.4) is 0 Å². The third kappa shape index (κ3) is 3.65. The summed E-state index contributed by atoms with van der Waals surface area (Å²) in [7, 11) is 0. The van der Waals surface area contributed by atoms with Gasteiger partial charge in [0.15, 0.2) is 0 Å². The number of rotatable bonds is 5. The first kappa shape index (κ1) is 14.4. The van der Waals surface area contributed by atoms with Gasteiger partial charge in [-0.25, -0.2) is 0 Å². The molecule has 0 unspecified atom stereocenters. The molecule has 98 valence electrons. The van der Waals surface area contributed by atoms with Crippen molar-refractivity contribution in [2.75, 3.05) is 0 Å². The first-order valence-corrected chi connectivity index (χ1v) is 5.69. The summed E-state index contributed by atoms with van der Waals surface area (Å²) < 4.78 is 28.9. The van der Waals surface area contributed by atoms with E-state index in [9.17, 15) is 13.6 Å². The van der Waals surface area contributed by atoms with Gasteiger partial charge in [-0.1, -0.05) is 6.92 Å². The largest absolute Gasteiger partial charge is 0.434 e. The molecule has 0 aliphatic rings. The van der Waals surface area contributed by atoms with Gasteiger partial charge in [-0.05, 0) is 60.7 Å². The number of carbonyl (C=O) groups is 1. The lowest BCUT2D eigenvalue weighted by Gasteiger charge is -2.12. The zero-order chi connectivity index (χ0) is 13.7. The van der Waals surface area contributed by atoms with Gasteiger partial charge >= 0.3 is 6.61 Å². The number of alkyl halides is 2. The molecule has 4 heteroatoms. The van der Waals surface area contributed by atoms with E-state index in [-0.39, 0.29) is 5.75 Å². The Morgan fingerprint density at radius 2 is 1.89 bits per heavy atom. The highest BCUT2D eigenvalue weighted by molar-refractivity contribution is 5.81. The number of aryl methyl sites for hydroxylation is 2. The summed E-state index contributed by atoms with van der Waals surface area (Å²) in [5.41, 5.74) is 2.73. The predicted molar refractivity (Wildman–Crippen MR) is 66.9 cm³/mol. The third-order valence-corrected chi connectivity index (χ3v) is 2.60. The number of hydrogen-bond donors (Lipinski definition) is 0. The van der Waals surface area contributed by atoms with Crippen LogP contribution in [0.1, 0.15) is 30.0 Å². The zero-order valence-corrected chi connectivity index (χ0v) is 10.7. The summed E-state index contributed by atoms with van der Waals surface area (Å²) in [6.07, 6.45) is 3.18. The van der Waals surface area contributed by atoms with E-state index in [0.717, 1.165) is 11.8 Å². The molecule has 0 amide bonds. The summed E-state index contributed by atoms with van der Waals surface area (Å²) in [4.78, 5) is 10.7. The third-order valence-electron chi connectivity index (χ3n) is 2.60. The number of ether oxygens (including phenoxy) is 1. The Hall–Kier alpha value is -1.71. The van der Waals surface area contributed by atoms with Crippen LogP contribution >= 0.6 is 0 Å². The summed E-state index contributed by atoms with van der Waals surface area (Å²) in [6.45, 7) is 2.46. The van der Waals surface area contributed by atoms with Crippen LogP contribution in [0.5, 0.6) is 5.75 Å². The number of benzene rings is 1. The summed E-state index contributed by atoms with van der Waals surface area (Å²) in [5.74, 6) is 0.200. The molecule has 1 aromatic carbocycles. The highest BCUT2D eigenvalue weighted by Gasteiger charge is 2.11. The maximum absolute atomic E-state index is 12.2. The number of aldehydes is 1. The molecule has 0 saturated heterocycles. The average molecular weight is 254 g/mol. The summed E-state index contributed by atoms with van der Waals surface area (Å²) in [6, 6.07) is 3.45. The Morgan fingerprint density at radius 3 is 2.28 bits per heavy atom. The Morgan fingerprint density at radius 1 is 1.33 bits per heavy atom. The summed E-state index contributed by atoms with van der Waals surface area (Å²) >= 11 is 0. The lowest BCUT2D eigenvalue weighted by atomic mass is 10.0. The number of hydrogen-bond acceptors (Lipinski definition) is 2. The van der Waals surface area contributed by atoms with Gasteiger partial charge in [0.05, 0.1) is 0 Å². The fraction of sp³-hybridized carbons (Fsp3) is 0.357. The standard InChI is InChI=1S/C14H16F2O2/c1-4-11(8-17)7-12-5-9(2)13(10(3)6-12)18-14(15)16/h5-8,14H,4H2,1-3H3. The van der Waals surface area contributed by atoms with Crippen molar-refractivity contribution in [3.05, 3.63) is 34.4 Å². The van der Waals surface area contributed by atoms with Gasteiger partial charge in [-0.2, -0.15) is 8.78 Å². The molecule has 0 atom stereocenters. The van der Waals surface area contributed by atoms with Crippen LogP contribution in [0.2, 0.25) is 0 Å². The minimum Gasteiger partial charge on any atom is -0.434 e. The average Bonchev–Trinajstić information content (AvgIpc) is 2.30. The molecule has 1 rings (SSSR count). The molecule has 0 saturated carbocycles. The molecular formula is C14H16F2O2. The van der Waals surface area contributed by atoms with Gasteiger partial charge in [0, 0.05) is 0 Å². The molecule has 0 spiro atoms. The predicted octanol–water partition coefficient (Wildman–Crippen LogP) is 3.90. The van der Waals surface area contributed by atoms with Crippen LogP contribution in [0.25, 0.3) is 6.08 Å². The minimum absolute atomic E-state index is 0.200. The van der Waals surface area contributed by atoms with Crippen LogP contribution in [0.15, 0.2) is 17.7 Å². The normalized spacial score (nSPS) is 11.8. The highest BCUT2D eigenvalue weighted by atomic mass is 19.3. The molecule has 0 aromatic heterocycles. The molecular weight excluding hydrogens is 238 g/mol. The Labute approximate surface area is 105 Å². The van der Waals surface area contributed by atoms with Crippen molar-refractivity contribution in [1.82, 2.24) is 0 Å². The number of allylic oxidation sites excluding steroid dienone is 1. The van der Waals surface area contributed by atoms with Crippen LogP contribution in [0, 0.1) is 13.8 Å². The van der Waals surface area contributed by atoms with Crippen molar-refractivity contribution < 1.29 is 18.3 Å². The van der Waals surface area contributed by atoms with Gasteiger partial charge in [0.2, 0.25) is 0 Å². The smallest absolute Gasteiger partial charge is 0.387 e. The van der Waals surface area contributed by atoms with Crippen molar-refractivity contribution in [2.24, 2.45) is 0 Å². The van der Waals surface area contributed by atoms with Crippen molar-refractivity contribution in [1.29, 1.82) is 0 Å². The van der Waals surface area contributed by atoms with Crippen molar-refractivity contribution in [3.63, 3.8) is 0 Å². The van der Waals surface area contributed by atoms with E-state index in [4.69, 9.17) is 0 Å². The van der Waals surface area contributed by atoms with E-state index >= 15 is 0 Å². The number of carbonyl (C=O) groups excluding carboxylic acids is 1. The fourth-order valence-electron chi connectivity index (χ4n) is 1.78. The molecule has 0 heterocycles. The van der Waals surface area contributed by atoms with Crippen LogP contribution in [-0.2, 0) is 4.79 Å². The maximum atomic E-state index is 12.2. The van der Waals surface area contributed by atoms with Crippen LogP contribution in [0.4, 0.5) is 8.78 Å². The highest BCUT2D eigenvalue weighted by Crippen LogP contribution is 2.27. The molecule has 2 nitrogen and oxygen atoms in total. The van der Waals surface area contributed by atoms with Crippen LogP contribution in [-0.4, -0.2) is 12.9 Å². The van der Waals surface area contributed by atoms with E-state index in [1.807, 2.05) is 6.92 Å². The molecule has 18 heavy (non-hydrogen) atoms. The van der Waals surface area contributed by atoms with Gasteiger partial charge in [0.25, 0.3) is 0 Å². The van der Waals surface area contributed by atoms with Gasteiger partial charge in [0.1, 0.15) is 12.0 Å². The Bertz CT molecular complexity index is 442. The van der Waals surface area contributed by atoms with E-state index in [1.54, 1.807) is 32.1 Å². The quantitative estimate of drug-likeness (QED) is 0.588. The second-order valence-corrected chi connectivity index (χ2v) is 4.05. The van der Waals surface area contributed by atoms with Crippen molar-refractivity contribution in [2.45, 2.75) is 33.8 Å². The molecule has 0 N–H and O–H groups in total. The van der Waals surface area contributed by atoms with E-state index in [1.165, 1.54) is 0 Å². The minimum atomic E-state index is -2.83.